The highest BCUT2D eigenvalue weighted by molar-refractivity contribution is 5.93. The predicted molar refractivity (Wildman–Crippen MR) is 185 cm³/mol. The summed E-state index contributed by atoms with van der Waals surface area (Å²) in [6.07, 6.45) is 2.09. The van der Waals surface area contributed by atoms with Crippen molar-refractivity contribution in [3.05, 3.63) is 35.9 Å². The molecule has 11 nitrogen and oxygen atoms in total. The van der Waals surface area contributed by atoms with Crippen LogP contribution in [0.1, 0.15) is 72.3 Å². The zero-order valence-corrected chi connectivity index (χ0v) is 30.4. The van der Waals surface area contributed by atoms with Crippen molar-refractivity contribution in [2.24, 2.45) is 29.4 Å². The average Bonchev–Trinajstić information content (AvgIpc) is 3.55. The second-order valence-electron chi connectivity index (χ2n) is 14.2. The Labute approximate surface area is 287 Å². The lowest BCUT2D eigenvalue weighted by Crippen LogP contribution is -2.63. The van der Waals surface area contributed by atoms with Crippen LogP contribution in [0.25, 0.3) is 0 Å². The number of hydrogen-bond donors (Lipinski definition) is 2. The molecule has 0 spiro atoms. The fraction of sp³-hybridized carbons (Fsp3) is 0.730. The van der Waals surface area contributed by atoms with Gasteiger partial charge in [-0.2, -0.15) is 0 Å². The molecule has 0 aromatic heterocycles. The number of methoxy groups -OCH3 is 2. The molecule has 3 amide bonds. The molecule has 2 aliphatic heterocycles. The van der Waals surface area contributed by atoms with Crippen LogP contribution >= 0.6 is 0 Å². The Morgan fingerprint density at radius 2 is 1.73 bits per heavy atom. The Bertz CT molecular complexity index is 1210. The molecule has 2 heterocycles. The number of likely N-dealkylation sites (N-methyl/N-ethyl adjacent to an activating group) is 1. The molecule has 3 N–H and O–H groups in total. The van der Waals surface area contributed by atoms with E-state index >= 15 is 0 Å². The number of carbonyl (C=O) groups is 4. The first-order chi connectivity index (χ1) is 22.8. The third-order valence-electron chi connectivity index (χ3n) is 10.6. The first-order valence-electron chi connectivity index (χ1n) is 17.6. The van der Waals surface area contributed by atoms with Crippen LogP contribution in [0.4, 0.5) is 0 Å². The summed E-state index contributed by atoms with van der Waals surface area (Å²) in [5.74, 6) is -1.63. The Hall–Kier alpha value is -2.86. The topological polar surface area (TPSA) is 140 Å². The van der Waals surface area contributed by atoms with Gasteiger partial charge < -0.3 is 35.1 Å². The minimum atomic E-state index is -1.03. The zero-order valence-electron chi connectivity index (χ0n) is 30.4. The van der Waals surface area contributed by atoms with Crippen LogP contribution in [0.2, 0.25) is 0 Å². The van der Waals surface area contributed by atoms with E-state index < -0.39 is 35.6 Å². The van der Waals surface area contributed by atoms with Crippen molar-refractivity contribution in [3.63, 3.8) is 0 Å². The van der Waals surface area contributed by atoms with Gasteiger partial charge in [0, 0.05) is 46.7 Å². The van der Waals surface area contributed by atoms with E-state index in [1.54, 1.807) is 26.2 Å². The van der Waals surface area contributed by atoms with Crippen molar-refractivity contribution < 1.29 is 33.4 Å². The highest BCUT2D eigenvalue weighted by Gasteiger charge is 2.45. The molecule has 0 radical (unpaired) electrons. The smallest absolute Gasteiger partial charge is 0.226 e. The van der Waals surface area contributed by atoms with Gasteiger partial charge in [0.15, 0.2) is 5.78 Å². The maximum Gasteiger partial charge on any atom is 0.226 e. The van der Waals surface area contributed by atoms with Crippen molar-refractivity contribution in [2.45, 2.75) is 103 Å². The predicted octanol–water partition coefficient (Wildman–Crippen LogP) is 3.22. The molecule has 11 heteroatoms. The summed E-state index contributed by atoms with van der Waals surface area (Å²) in [6, 6.07) is 9.34. The standard InChI is InChI=1S/C37H60N4O7/c1-9-25(4)33(40(6)36(45)28(24(2)3)20-31(42)37(38)22-48-23-37)30(46-7)21-32(43)41-19-13-16-29(41)34(47-8)26(5)35(44)39-18-17-27-14-11-10-12-15-27/h10-12,14-15,24-26,28-30,33-34H,9,13,16-23,38H2,1-8H3,(H,39,44)/t25-,26+,28-,29-,30+,33-,34+/m0/s1. The van der Waals surface area contributed by atoms with E-state index in [1.807, 2.05) is 56.0 Å². The van der Waals surface area contributed by atoms with E-state index in [-0.39, 0.29) is 67.4 Å². The number of ether oxygens (including phenoxy) is 3. The maximum atomic E-state index is 14.0. The molecule has 270 valence electrons. The summed E-state index contributed by atoms with van der Waals surface area (Å²) in [6.45, 7) is 11.2. The summed E-state index contributed by atoms with van der Waals surface area (Å²) in [5.41, 5.74) is 6.33. The number of Topliss-reactive ketones (excluding diaryl/α,β-unsaturated/α-hetero) is 1. The Morgan fingerprint density at radius 1 is 1.06 bits per heavy atom. The van der Waals surface area contributed by atoms with E-state index in [0.29, 0.717) is 13.1 Å². The van der Waals surface area contributed by atoms with Crippen LogP contribution in [0.5, 0.6) is 0 Å². The highest BCUT2D eigenvalue weighted by atomic mass is 16.5. The summed E-state index contributed by atoms with van der Waals surface area (Å²) in [7, 11) is 4.92. The molecule has 0 unspecified atom stereocenters. The Kier molecular flexibility index (Phi) is 15.0. The molecule has 1 aromatic rings. The van der Waals surface area contributed by atoms with Crippen molar-refractivity contribution in [3.8, 4) is 0 Å². The fourth-order valence-corrected chi connectivity index (χ4v) is 7.20. The largest absolute Gasteiger partial charge is 0.379 e. The third-order valence-corrected chi connectivity index (χ3v) is 10.6. The van der Waals surface area contributed by atoms with E-state index in [0.717, 1.165) is 31.2 Å². The van der Waals surface area contributed by atoms with Gasteiger partial charge in [0.2, 0.25) is 17.7 Å². The number of nitrogens with zero attached hydrogens (tertiary/aromatic N) is 2. The minimum absolute atomic E-state index is 0.0156. The number of nitrogens with one attached hydrogen (secondary N) is 1. The molecule has 2 fully saturated rings. The molecule has 2 aliphatic rings. The molecule has 7 atom stereocenters. The monoisotopic (exact) mass is 672 g/mol. The molecule has 1 aromatic carbocycles. The normalized spacial score (nSPS) is 21.0. The molecule has 3 rings (SSSR count). The first kappa shape index (κ1) is 39.6. The van der Waals surface area contributed by atoms with Gasteiger partial charge >= 0.3 is 0 Å². The fourth-order valence-electron chi connectivity index (χ4n) is 7.20. The number of nitrogens with two attached hydrogens (primary N) is 1. The number of amides is 3. The number of carbonyl (C=O) groups excluding carboxylic acids is 4. The summed E-state index contributed by atoms with van der Waals surface area (Å²) >= 11 is 0. The van der Waals surface area contributed by atoms with Gasteiger partial charge in [0.05, 0.1) is 49.8 Å². The second-order valence-corrected chi connectivity index (χ2v) is 14.2. The SMILES string of the molecule is CC[C@H](C)[C@@H]([C@@H](CC(=O)N1CCC[C@H]1[C@H](OC)[C@@H](C)C(=O)NCCc1ccccc1)OC)N(C)C(=O)[C@@H](CC(=O)C1(N)COC1)C(C)C. The van der Waals surface area contributed by atoms with Gasteiger partial charge in [-0.3, -0.25) is 19.2 Å². The van der Waals surface area contributed by atoms with Gasteiger partial charge in [-0.15, -0.1) is 0 Å². The summed E-state index contributed by atoms with van der Waals surface area (Å²) < 4.78 is 17.1. The lowest BCUT2D eigenvalue weighted by atomic mass is 9.81. The van der Waals surface area contributed by atoms with Gasteiger partial charge in [0.1, 0.15) is 5.54 Å². The number of hydrogen-bond acceptors (Lipinski definition) is 8. The third kappa shape index (κ3) is 9.64. The highest BCUT2D eigenvalue weighted by Crippen LogP contribution is 2.31. The first-order valence-corrected chi connectivity index (χ1v) is 17.6. The van der Waals surface area contributed by atoms with E-state index in [9.17, 15) is 19.2 Å². The van der Waals surface area contributed by atoms with Crippen LogP contribution in [0, 0.1) is 23.7 Å². The number of rotatable bonds is 19. The molecular weight excluding hydrogens is 612 g/mol. The van der Waals surface area contributed by atoms with Crippen LogP contribution < -0.4 is 11.1 Å². The zero-order chi connectivity index (χ0) is 35.6. The quantitative estimate of drug-likeness (QED) is 0.228. The van der Waals surface area contributed by atoms with Gasteiger partial charge in [0.25, 0.3) is 0 Å². The van der Waals surface area contributed by atoms with Crippen LogP contribution in [-0.2, 0) is 39.8 Å². The van der Waals surface area contributed by atoms with Crippen molar-refractivity contribution >= 4 is 23.5 Å². The van der Waals surface area contributed by atoms with E-state index in [2.05, 4.69) is 19.2 Å². The number of ketones is 1. The van der Waals surface area contributed by atoms with Crippen molar-refractivity contribution in [1.82, 2.24) is 15.1 Å². The van der Waals surface area contributed by atoms with Crippen LogP contribution in [0.3, 0.4) is 0 Å². The van der Waals surface area contributed by atoms with Crippen molar-refractivity contribution in [1.29, 1.82) is 0 Å². The summed E-state index contributed by atoms with van der Waals surface area (Å²) in [4.78, 5) is 57.8. The number of benzene rings is 1. The van der Waals surface area contributed by atoms with E-state index in [1.165, 1.54) is 0 Å². The summed E-state index contributed by atoms with van der Waals surface area (Å²) in [5, 5.41) is 3.04. The average molecular weight is 673 g/mol. The molecule has 0 bridgehead atoms. The van der Waals surface area contributed by atoms with Crippen molar-refractivity contribution in [2.75, 3.05) is 47.6 Å². The molecule has 0 saturated carbocycles. The Balaban J connectivity index is 1.71. The lowest BCUT2D eigenvalue weighted by Gasteiger charge is -2.41. The second kappa shape index (κ2) is 18.2. The van der Waals surface area contributed by atoms with Gasteiger partial charge in [-0.25, -0.2) is 0 Å². The molecule has 48 heavy (non-hydrogen) atoms. The molecule has 0 aliphatic carbocycles. The molecule has 2 saturated heterocycles. The van der Waals surface area contributed by atoms with Crippen LogP contribution in [0.15, 0.2) is 30.3 Å². The van der Waals surface area contributed by atoms with Gasteiger partial charge in [-0.05, 0) is 36.7 Å². The maximum absolute atomic E-state index is 14.0. The van der Waals surface area contributed by atoms with Gasteiger partial charge in [-0.1, -0.05) is 71.4 Å². The molecular formula is C37H60N4O7. The number of likely N-dealkylation sites (tertiary alicyclic amines) is 1. The lowest BCUT2D eigenvalue weighted by molar-refractivity contribution is -0.151. The van der Waals surface area contributed by atoms with E-state index in [4.69, 9.17) is 19.9 Å². The minimum Gasteiger partial charge on any atom is -0.379 e. The Morgan fingerprint density at radius 3 is 2.27 bits per heavy atom. The van der Waals surface area contributed by atoms with Crippen LogP contribution in [-0.4, -0.2) is 111 Å².